The molecule has 0 spiro atoms. The van der Waals surface area contributed by atoms with Gasteiger partial charge in [-0.3, -0.25) is 10.1 Å². The second kappa shape index (κ2) is 4.63. The van der Waals surface area contributed by atoms with Crippen LogP contribution in [0.25, 0.3) is 0 Å². The van der Waals surface area contributed by atoms with Crippen LogP contribution in [0.4, 0.5) is 0 Å². The lowest BCUT2D eigenvalue weighted by molar-refractivity contribution is -0.123. The molecule has 0 aliphatic carbocycles. The third-order valence-electron chi connectivity index (χ3n) is 2.62. The number of imidazole rings is 1. The number of carbonyl (C=O) groups excluding carboxylic acids is 1. The summed E-state index contributed by atoms with van der Waals surface area (Å²) in [7, 11) is 0. The van der Waals surface area contributed by atoms with Crippen LogP contribution in [-0.2, 0) is 17.8 Å². The fourth-order valence-electron chi connectivity index (χ4n) is 1.73. The van der Waals surface area contributed by atoms with Gasteiger partial charge < -0.3 is 15.4 Å². The third-order valence-corrected chi connectivity index (χ3v) is 2.62. The zero-order chi connectivity index (χ0) is 11.5. The molecule has 6 nitrogen and oxygen atoms in total. The Morgan fingerprint density at radius 2 is 2.62 bits per heavy atom. The van der Waals surface area contributed by atoms with Crippen molar-refractivity contribution in [1.82, 2.24) is 20.6 Å². The van der Waals surface area contributed by atoms with Crippen LogP contribution in [0.2, 0.25) is 0 Å². The summed E-state index contributed by atoms with van der Waals surface area (Å²) >= 11 is 0. The average molecular weight is 224 g/mol. The summed E-state index contributed by atoms with van der Waals surface area (Å²) in [5.74, 6) is -0.0884. The first kappa shape index (κ1) is 11.1. The molecule has 2 rings (SSSR count). The van der Waals surface area contributed by atoms with Crippen molar-refractivity contribution < 1.29 is 9.90 Å². The maximum absolute atomic E-state index is 11.7. The minimum atomic E-state index is -0.520. The molecule has 0 bridgehead atoms. The van der Waals surface area contributed by atoms with Gasteiger partial charge in [-0.1, -0.05) is 0 Å². The van der Waals surface area contributed by atoms with Gasteiger partial charge in [-0.2, -0.15) is 0 Å². The Hall–Kier alpha value is -1.40. The van der Waals surface area contributed by atoms with Crippen molar-refractivity contribution >= 4 is 5.91 Å². The molecule has 1 aromatic heterocycles. The monoisotopic (exact) mass is 224 g/mol. The lowest BCUT2D eigenvalue weighted by Gasteiger charge is -2.22. The van der Waals surface area contributed by atoms with Crippen molar-refractivity contribution in [3.63, 3.8) is 0 Å². The van der Waals surface area contributed by atoms with Gasteiger partial charge in [0.1, 0.15) is 0 Å². The van der Waals surface area contributed by atoms with Gasteiger partial charge in [-0.05, 0) is 6.92 Å². The van der Waals surface area contributed by atoms with Gasteiger partial charge in [-0.15, -0.1) is 0 Å². The fourth-order valence-corrected chi connectivity index (χ4v) is 1.73. The molecule has 1 aliphatic heterocycles. The molecule has 88 valence electrons. The number of H-pyrrole nitrogens is 1. The molecule has 0 fully saturated rings. The summed E-state index contributed by atoms with van der Waals surface area (Å²) in [5.41, 5.74) is 1.98. The predicted molar refractivity (Wildman–Crippen MR) is 57.6 cm³/mol. The van der Waals surface area contributed by atoms with Crippen LogP contribution < -0.4 is 10.6 Å². The van der Waals surface area contributed by atoms with Crippen LogP contribution in [0.3, 0.4) is 0 Å². The first-order valence-corrected chi connectivity index (χ1v) is 5.37. The maximum Gasteiger partial charge on any atom is 0.237 e. The molecule has 1 unspecified atom stereocenters. The third kappa shape index (κ3) is 2.40. The van der Waals surface area contributed by atoms with Crippen molar-refractivity contribution in [3.8, 4) is 0 Å². The van der Waals surface area contributed by atoms with Crippen molar-refractivity contribution in [2.45, 2.75) is 32.0 Å². The first-order chi connectivity index (χ1) is 7.66. The number of carbonyl (C=O) groups is 1. The summed E-state index contributed by atoms with van der Waals surface area (Å²) < 4.78 is 0. The minimum absolute atomic E-state index is 0.0884. The number of aromatic nitrogens is 2. The van der Waals surface area contributed by atoms with E-state index in [0.29, 0.717) is 13.0 Å². The summed E-state index contributed by atoms with van der Waals surface area (Å²) in [6.45, 7) is 2.55. The minimum Gasteiger partial charge on any atom is -0.392 e. The molecule has 1 aromatic rings. The molecule has 2 atom stereocenters. The second-order valence-electron chi connectivity index (χ2n) is 4.06. The number of nitrogens with zero attached hydrogens (tertiary/aromatic N) is 1. The molecule has 0 radical (unpaired) electrons. The van der Waals surface area contributed by atoms with E-state index in [9.17, 15) is 4.79 Å². The van der Waals surface area contributed by atoms with Crippen molar-refractivity contribution in [2.75, 3.05) is 6.54 Å². The predicted octanol–water partition coefficient (Wildman–Crippen LogP) is -1.08. The number of aliphatic hydroxyl groups is 1. The van der Waals surface area contributed by atoms with E-state index in [1.54, 1.807) is 13.3 Å². The molecular weight excluding hydrogens is 208 g/mol. The van der Waals surface area contributed by atoms with Crippen LogP contribution >= 0.6 is 0 Å². The summed E-state index contributed by atoms with van der Waals surface area (Å²) in [6, 6.07) is -0.255. The number of nitrogens with one attached hydrogen (secondary N) is 3. The van der Waals surface area contributed by atoms with Gasteiger partial charge in [0.15, 0.2) is 0 Å². The number of amides is 1. The molecule has 2 heterocycles. The molecule has 4 N–H and O–H groups in total. The lowest BCUT2D eigenvalue weighted by Crippen LogP contribution is -2.49. The van der Waals surface area contributed by atoms with E-state index in [0.717, 1.165) is 11.4 Å². The molecule has 0 saturated carbocycles. The van der Waals surface area contributed by atoms with Gasteiger partial charge in [0.05, 0.1) is 29.9 Å². The number of fused-ring (bicyclic) bond motifs is 1. The van der Waals surface area contributed by atoms with E-state index in [4.69, 9.17) is 5.11 Å². The highest BCUT2D eigenvalue weighted by Gasteiger charge is 2.25. The summed E-state index contributed by atoms with van der Waals surface area (Å²) in [4.78, 5) is 18.9. The quantitative estimate of drug-likeness (QED) is 0.526. The molecule has 16 heavy (non-hydrogen) atoms. The highest BCUT2D eigenvalue weighted by atomic mass is 16.3. The van der Waals surface area contributed by atoms with Gasteiger partial charge in [-0.25, -0.2) is 4.98 Å². The maximum atomic E-state index is 11.7. The smallest absolute Gasteiger partial charge is 0.237 e. The molecule has 6 heteroatoms. The number of aliphatic hydroxyl groups excluding tert-OH is 1. The van der Waals surface area contributed by atoms with E-state index < -0.39 is 6.10 Å². The van der Waals surface area contributed by atoms with E-state index in [1.165, 1.54) is 0 Å². The number of hydrogen-bond donors (Lipinski definition) is 4. The van der Waals surface area contributed by atoms with Gasteiger partial charge >= 0.3 is 0 Å². The molecule has 0 aromatic carbocycles. The largest absolute Gasteiger partial charge is 0.392 e. The van der Waals surface area contributed by atoms with Crippen LogP contribution in [0.15, 0.2) is 6.33 Å². The Morgan fingerprint density at radius 3 is 3.38 bits per heavy atom. The zero-order valence-electron chi connectivity index (χ0n) is 9.16. The van der Waals surface area contributed by atoms with Crippen molar-refractivity contribution in [3.05, 3.63) is 17.7 Å². The Balaban J connectivity index is 1.90. The SMILES string of the molecule is C[C@@H](O)CNC(=O)C1Cc2nc[nH]c2CN1. The van der Waals surface area contributed by atoms with E-state index >= 15 is 0 Å². The topological polar surface area (TPSA) is 90.0 Å². The number of hydrogen-bond acceptors (Lipinski definition) is 4. The number of rotatable bonds is 3. The van der Waals surface area contributed by atoms with E-state index in [1.807, 2.05) is 0 Å². The number of aromatic amines is 1. The molecular formula is C10H16N4O2. The molecule has 0 saturated heterocycles. The summed E-state index contributed by atoms with van der Waals surface area (Å²) in [6.07, 6.45) is 1.71. The van der Waals surface area contributed by atoms with Crippen LogP contribution in [0.5, 0.6) is 0 Å². The van der Waals surface area contributed by atoms with Gasteiger partial charge in [0, 0.05) is 19.5 Å². The Kier molecular flexibility index (Phi) is 3.21. The Bertz CT molecular complexity index is 375. The van der Waals surface area contributed by atoms with Gasteiger partial charge in [0.25, 0.3) is 0 Å². The van der Waals surface area contributed by atoms with Crippen molar-refractivity contribution in [1.29, 1.82) is 0 Å². The normalized spacial score (nSPS) is 21.2. The van der Waals surface area contributed by atoms with Crippen molar-refractivity contribution in [2.24, 2.45) is 0 Å². The lowest BCUT2D eigenvalue weighted by atomic mass is 10.0. The zero-order valence-corrected chi connectivity index (χ0v) is 9.16. The van der Waals surface area contributed by atoms with Gasteiger partial charge in [0.2, 0.25) is 5.91 Å². The highest BCUT2D eigenvalue weighted by molar-refractivity contribution is 5.82. The van der Waals surface area contributed by atoms with Crippen LogP contribution in [0.1, 0.15) is 18.3 Å². The molecule has 1 amide bonds. The van der Waals surface area contributed by atoms with E-state index in [2.05, 4.69) is 20.6 Å². The second-order valence-corrected chi connectivity index (χ2v) is 4.06. The first-order valence-electron chi connectivity index (χ1n) is 5.37. The standard InChI is InChI=1S/C10H16N4O2/c1-6(15)3-12-10(16)8-2-7-9(4-11-8)14-5-13-7/h5-6,8,11,15H,2-4H2,1H3,(H,12,16)(H,13,14)/t6-,8?/m1/s1. The summed E-state index contributed by atoms with van der Waals surface area (Å²) in [5, 5.41) is 14.9. The van der Waals surface area contributed by atoms with Crippen LogP contribution in [0, 0.1) is 0 Å². The fraction of sp³-hybridized carbons (Fsp3) is 0.600. The highest BCUT2D eigenvalue weighted by Crippen LogP contribution is 2.11. The molecule has 1 aliphatic rings. The Morgan fingerprint density at radius 1 is 1.81 bits per heavy atom. The van der Waals surface area contributed by atoms with Crippen LogP contribution in [-0.4, -0.2) is 39.7 Å². The Labute approximate surface area is 93.5 Å². The van der Waals surface area contributed by atoms with E-state index in [-0.39, 0.29) is 18.5 Å². The average Bonchev–Trinajstić information content (AvgIpc) is 2.72.